The lowest BCUT2D eigenvalue weighted by Gasteiger charge is -2.19. The van der Waals surface area contributed by atoms with Crippen LogP contribution in [0.5, 0.6) is 0 Å². The van der Waals surface area contributed by atoms with Crippen LogP contribution in [0.25, 0.3) is 0 Å². The molecule has 118 valence electrons. The molecule has 0 aliphatic carbocycles. The van der Waals surface area contributed by atoms with Crippen LogP contribution < -0.4 is 16.4 Å². The maximum atomic E-state index is 12.5. The van der Waals surface area contributed by atoms with Crippen LogP contribution in [0, 0.1) is 0 Å². The first-order valence-corrected chi connectivity index (χ1v) is 7.93. The van der Waals surface area contributed by atoms with Crippen molar-refractivity contribution in [3.63, 3.8) is 0 Å². The number of amides is 1. The van der Waals surface area contributed by atoms with Crippen molar-refractivity contribution in [1.82, 2.24) is 9.88 Å². The minimum atomic E-state index is -0.0840. The molecule has 8 heteroatoms. The maximum absolute atomic E-state index is 12.5. The molecule has 1 amide bonds. The number of carbonyl (C=O) groups excluding carboxylic acids is 1. The standard InChI is InChI=1S/C13H23N5O2S/c1-3-17(6-7-20-2)12(19)10-11(15)16-13(21-10)18-5-4-9(14)8-18/h9H,3-8,14-15H2,1-2H3. The van der Waals surface area contributed by atoms with E-state index in [1.807, 2.05) is 6.92 Å². The fourth-order valence-electron chi connectivity index (χ4n) is 2.32. The van der Waals surface area contributed by atoms with Crippen LogP contribution >= 0.6 is 11.3 Å². The van der Waals surface area contributed by atoms with Gasteiger partial charge in [0.2, 0.25) is 0 Å². The molecule has 1 aromatic heterocycles. The van der Waals surface area contributed by atoms with Gasteiger partial charge in [-0.2, -0.15) is 0 Å². The van der Waals surface area contributed by atoms with Gasteiger partial charge in [0.1, 0.15) is 10.7 Å². The summed E-state index contributed by atoms with van der Waals surface area (Å²) >= 11 is 1.35. The molecular weight excluding hydrogens is 290 g/mol. The highest BCUT2D eigenvalue weighted by Gasteiger charge is 2.26. The summed E-state index contributed by atoms with van der Waals surface area (Å²) in [6, 6.07) is 0.170. The summed E-state index contributed by atoms with van der Waals surface area (Å²) < 4.78 is 5.03. The topological polar surface area (TPSA) is 97.7 Å². The molecule has 21 heavy (non-hydrogen) atoms. The summed E-state index contributed by atoms with van der Waals surface area (Å²) in [6.45, 7) is 5.23. The van der Waals surface area contributed by atoms with Gasteiger partial charge in [-0.15, -0.1) is 0 Å². The summed E-state index contributed by atoms with van der Waals surface area (Å²) in [5.41, 5.74) is 11.8. The van der Waals surface area contributed by atoms with Gasteiger partial charge in [0.15, 0.2) is 5.13 Å². The fourth-order valence-corrected chi connectivity index (χ4v) is 3.31. The van der Waals surface area contributed by atoms with Crippen LogP contribution in [0.2, 0.25) is 0 Å². The van der Waals surface area contributed by atoms with Crippen LogP contribution in [0.3, 0.4) is 0 Å². The molecule has 2 rings (SSSR count). The Balaban J connectivity index is 2.12. The minimum absolute atomic E-state index is 0.0840. The summed E-state index contributed by atoms with van der Waals surface area (Å²) in [4.78, 5) is 21.2. The lowest BCUT2D eigenvalue weighted by Crippen LogP contribution is -2.33. The highest BCUT2D eigenvalue weighted by molar-refractivity contribution is 7.18. The third kappa shape index (κ3) is 3.63. The average Bonchev–Trinajstić information content (AvgIpc) is 3.05. The molecule has 0 aromatic carbocycles. The van der Waals surface area contributed by atoms with Crippen LogP contribution in [0.4, 0.5) is 10.9 Å². The third-order valence-electron chi connectivity index (χ3n) is 3.57. The molecule has 4 N–H and O–H groups in total. The van der Waals surface area contributed by atoms with Crippen LogP contribution in [-0.2, 0) is 4.74 Å². The zero-order valence-corrected chi connectivity index (χ0v) is 13.4. The Labute approximate surface area is 128 Å². The number of methoxy groups -OCH3 is 1. The van der Waals surface area contributed by atoms with E-state index in [1.54, 1.807) is 12.0 Å². The number of rotatable bonds is 6. The molecular formula is C13H23N5O2S. The van der Waals surface area contributed by atoms with E-state index in [0.29, 0.717) is 30.4 Å². The molecule has 1 aliphatic rings. The lowest BCUT2D eigenvalue weighted by molar-refractivity contribution is 0.0712. The highest BCUT2D eigenvalue weighted by Crippen LogP contribution is 2.31. The second kappa shape index (κ2) is 7.06. The number of nitrogens with two attached hydrogens (primary N) is 2. The third-order valence-corrected chi connectivity index (χ3v) is 4.69. The molecule has 1 atom stereocenters. The van der Waals surface area contributed by atoms with E-state index in [2.05, 4.69) is 9.88 Å². The van der Waals surface area contributed by atoms with E-state index < -0.39 is 0 Å². The molecule has 2 heterocycles. The Morgan fingerprint density at radius 1 is 1.62 bits per heavy atom. The van der Waals surface area contributed by atoms with Crippen molar-refractivity contribution in [2.45, 2.75) is 19.4 Å². The van der Waals surface area contributed by atoms with Crippen LogP contribution in [0.15, 0.2) is 0 Å². The van der Waals surface area contributed by atoms with Crippen molar-refractivity contribution < 1.29 is 9.53 Å². The van der Waals surface area contributed by atoms with Crippen LogP contribution in [0.1, 0.15) is 23.0 Å². The predicted octanol–water partition coefficient (Wildman–Crippen LogP) is 0.371. The van der Waals surface area contributed by atoms with Gasteiger partial charge >= 0.3 is 0 Å². The predicted molar refractivity (Wildman–Crippen MR) is 84.8 cm³/mol. The minimum Gasteiger partial charge on any atom is -0.383 e. The first-order chi connectivity index (χ1) is 10.1. The number of nitrogen functional groups attached to an aromatic ring is 1. The second-order valence-electron chi connectivity index (χ2n) is 5.08. The van der Waals surface area contributed by atoms with E-state index in [4.69, 9.17) is 16.2 Å². The van der Waals surface area contributed by atoms with Gasteiger partial charge in [-0.3, -0.25) is 4.79 Å². The van der Waals surface area contributed by atoms with Gasteiger partial charge in [0.25, 0.3) is 5.91 Å². The van der Waals surface area contributed by atoms with Crippen molar-refractivity contribution in [2.24, 2.45) is 5.73 Å². The maximum Gasteiger partial charge on any atom is 0.267 e. The van der Waals surface area contributed by atoms with Crippen molar-refractivity contribution in [3.8, 4) is 0 Å². The second-order valence-corrected chi connectivity index (χ2v) is 6.06. The summed E-state index contributed by atoms with van der Waals surface area (Å²) in [7, 11) is 1.62. The number of ether oxygens (including phenoxy) is 1. The average molecular weight is 313 g/mol. The van der Waals surface area contributed by atoms with E-state index in [-0.39, 0.29) is 11.9 Å². The molecule has 1 aliphatic heterocycles. The number of hydrogen-bond acceptors (Lipinski definition) is 7. The largest absolute Gasteiger partial charge is 0.383 e. The zero-order valence-electron chi connectivity index (χ0n) is 12.5. The number of nitrogens with zero attached hydrogens (tertiary/aromatic N) is 3. The van der Waals surface area contributed by atoms with E-state index >= 15 is 0 Å². The van der Waals surface area contributed by atoms with Gasteiger partial charge in [-0.25, -0.2) is 4.98 Å². The number of anilines is 2. The molecule has 1 unspecified atom stereocenters. The first-order valence-electron chi connectivity index (χ1n) is 7.11. The van der Waals surface area contributed by atoms with Crippen molar-refractivity contribution in [3.05, 3.63) is 4.88 Å². The van der Waals surface area contributed by atoms with E-state index in [1.165, 1.54) is 11.3 Å². The Bertz CT molecular complexity index is 493. The summed E-state index contributed by atoms with van der Waals surface area (Å²) in [5, 5.41) is 0.784. The summed E-state index contributed by atoms with van der Waals surface area (Å²) in [5.74, 6) is 0.218. The van der Waals surface area contributed by atoms with Gasteiger partial charge in [0, 0.05) is 39.3 Å². The molecule has 0 spiro atoms. The van der Waals surface area contributed by atoms with E-state index in [0.717, 1.165) is 24.6 Å². The molecule has 7 nitrogen and oxygen atoms in total. The molecule has 0 radical (unpaired) electrons. The molecule has 1 fully saturated rings. The number of aromatic nitrogens is 1. The van der Waals surface area contributed by atoms with E-state index in [9.17, 15) is 4.79 Å². The highest BCUT2D eigenvalue weighted by atomic mass is 32.1. The number of likely N-dealkylation sites (N-methyl/N-ethyl adjacent to an activating group) is 1. The van der Waals surface area contributed by atoms with Crippen molar-refractivity contribution in [1.29, 1.82) is 0 Å². The van der Waals surface area contributed by atoms with Gasteiger partial charge in [-0.1, -0.05) is 11.3 Å². The molecule has 1 saturated heterocycles. The van der Waals surface area contributed by atoms with Crippen molar-refractivity contribution >= 4 is 28.2 Å². The quantitative estimate of drug-likeness (QED) is 0.787. The fraction of sp³-hybridized carbons (Fsp3) is 0.692. The SMILES string of the molecule is CCN(CCOC)C(=O)c1sc(N2CCC(N)C2)nc1N. The molecule has 0 saturated carbocycles. The van der Waals surface area contributed by atoms with Gasteiger partial charge in [0.05, 0.1) is 6.61 Å². The summed E-state index contributed by atoms with van der Waals surface area (Å²) in [6.07, 6.45) is 0.942. The first kappa shape index (κ1) is 16.0. The monoisotopic (exact) mass is 313 g/mol. The zero-order chi connectivity index (χ0) is 15.4. The smallest absolute Gasteiger partial charge is 0.267 e. The lowest BCUT2D eigenvalue weighted by atomic mass is 10.3. The number of thiazole rings is 1. The number of hydrogen-bond donors (Lipinski definition) is 2. The van der Waals surface area contributed by atoms with Gasteiger partial charge < -0.3 is 26.0 Å². The Morgan fingerprint density at radius 3 is 2.95 bits per heavy atom. The van der Waals surface area contributed by atoms with Gasteiger partial charge in [-0.05, 0) is 13.3 Å². The van der Waals surface area contributed by atoms with Crippen LogP contribution in [-0.4, -0.2) is 61.7 Å². The molecule has 1 aromatic rings. The Kier molecular flexibility index (Phi) is 5.38. The van der Waals surface area contributed by atoms with Crippen molar-refractivity contribution in [2.75, 3.05) is 50.5 Å². The number of carbonyl (C=O) groups is 1. The molecule has 0 bridgehead atoms. The normalized spacial score (nSPS) is 18.2. The Hall–Kier alpha value is -1.38. The Morgan fingerprint density at radius 2 is 2.38 bits per heavy atom.